The average Bonchev–Trinajstić information content (AvgIpc) is 3.03. The molecule has 25 heavy (non-hydrogen) atoms. The molecule has 0 N–H and O–H groups in total. The summed E-state index contributed by atoms with van der Waals surface area (Å²) < 4.78 is 58.0. The number of carbonyl (C=O) groups is 1. The molecule has 0 atom stereocenters. The van der Waals surface area contributed by atoms with E-state index < -0.39 is 32.5 Å². The molecule has 1 fully saturated rings. The lowest BCUT2D eigenvalue weighted by Crippen LogP contribution is -2.50. The fourth-order valence-corrected chi connectivity index (χ4v) is 4.06. The summed E-state index contributed by atoms with van der Waals surface area (Å²) in [6.07, 6.45) is 0. The Morgan fingerprint density at radius 1 is 1.16 bits per heavy atom. The maximum atomic E-state index is 13.8. The van der Waals surface area contributed by atoms with Crippen LogP contribution >= 0.6 is 0 Å². The lowest BCUT2D eigenvalue weighted by molar-refractivity contribution is 0.0656. The summed E-state index contributed by atoms with van der Waals surface area (Å²) in [5.41, 5.74) is 0.561. The second-order valence-corrected chi connectivity index (χ2v) is 7.51. The predicted molar refractivity (Wildman–Crippen MR) is 82.3 cm³/mol. The lowest BCUT2D eigenvalue weighted by atomic mass is 10.3. The van der Waals surface area contributed by atoms with Gasteiger partial charge in [-0.25, -0.2) is 17.2 Å². The van der Waals surface area contributed by atoms with Crippen molar-refractivity contribution in [3.63, 3.8) is 0 Å². The van der Waals surface area contributed by atoms with E-state index in [-0.39, 0.29) is 31.9 Å². The number of aromatic nitrogens is 1. The van der Waals surface area contributed by atoms with Gasteiger partial charge in [-0.15, -0.1) is 0 Å². The molecule has 10 heteroatoms. The standard InChI is InChI=1S/C15H15F2N3O4S/c1-10-8-13(24-18-10)15(21)19-4-6-20(7-5-19)25(22,23)14-9-11(16)2-3-12(14)17/h2-3,8-9H,4-7H2,1H3. The van der Waals surface area contributed by atoms with Crippen molar-refractivity contribution in [2.24, 2.45) is 0 Å². The van der Waals surface area contributed by atoms with Gasteiger partial charge in [-0.05, 0) is 25.1 Å². The van der Waals surface area contributed by atoms with Crippen LogP contribution in [0.15, 0.2) is 33.7 Å². The first-order valence-corrected chi connectivity index (χ1v) is 8.91. The van der Waals surface area contributed by atoms with Crippen molar-refractivity contribution in [3.05, 3.63) is 47.4 Å². The normalized spacial score (nSPS) is 16.2. The average molecular weight is 371 g/mol. The van der Waals surface area contributed by atoms with Crippen molar-refractivity contribution in [1.29, 1.82) is 0 Å². The molecule has 1 aliphatic heterocycles. The summed E-state index contributed by atoms with van der Waals surface area (Å²) in [5.74, 6) is -2.17. The van der Waals surface area contributed by atoms with Crippen molar-refractivity contribution in [2.75, 3.05) is 26.2 Å². The Balaban J connectivity index is 1.73. The number of nitrogens with zero attached hydrogens (tertiary/aromatic N) is 3. The van der Waals surface area contributed by atoms with Gasteiger partial charge in [0.15, 0.2) is 0 Å². The Morgan fingerprint density at radius 3 is 2.44 bits per heavy atom. The van der Waals surface area contributed by atoms with Gasteiger partial charge in [0.25, 0.3) is 5.91 Å². The molecule has 0 aliphatic carbocycles. The minimum Gasteiger partial charge on any atom is -0.351 e. The van der Waals surface area contributed by atoms with Gasteiger partial charge in [0, 0.05) is 32.2 Å². The van der Waals surface area contributed by atoms with Crippen LogP contribution in [-0.4, -0.2) is 54.9 Å². The van der Waals surface area contributed by atoms with Crippen molar-refractivity contribution in [1.82, 2.24) is 14.4 Å². The van der Waals surface area contributed by atoms with Crippen LogP contribution in [0.4, 0.5) is 8.78 Å². The van der Waals surface area contributed by atoms with Gasteiger partial charge in [0.2, 0.25) is 15.8 Å². The third-order valence-corrected chi connectivity index (χ3v) is 5.79. The highest BCUT2D eigenvalue weighted by Crippen LogP contribution is 2.22. The lowest BCUT2D eigenvalue weighted by Gasteiger charge is -2.33. The number of sulfonamides is 1. The maximum absolute atomic E-state index is 13.8. The molecular formula is C15H15F2N3O4S. The predicted octanol–water partition coefficient (Wildman–Crippen LogP) is 1.41. The second-order valence-electron chi connectivity index (χ2n) is 5.60. The van der Waals surface area contributed by atoms with Gasteiger partial charge >= 0.3 is 0 Å². The quantitative estimate of drug-likeness (QED) is 0.815. The topological polar surface area (TPSA) is 83.7 Å². The Morgan fingerprint density at radius 2 is 1.84 bits per heavy atom. The first-order valence-electron chi connectivity index (χ1n) is 7.47. The van der Waals surface area contributed by atoms with Crippen molar-refractivity contribution in [3.8, 4) is 0 Å². The van der Waals surface area contributed by atoms with E-state index in [1.807, 2.05) is 0 Å². The zero-order valence-corrected chi connectivity index (χ0v) is 14.1. The maximum Gasteiger partial charge on any atom is 0.292 e. The third-order valence-electron chi connectivity index (χ3n) is 3.88. The number of carbonyl (C=O) groups excluding carboxylic acids is 1. The van der Waals surface area contributed by atoms with Crippen LogP contribution in [0.2, 0.25) is 0 Å². The van der Waals surface area contributed by atoms with Gasteiger partial charge in [-0.3, -0.25) is 4.79 Å². The van der Waals surface area contributed by atoms with E-state index >= 15 is 0 Å². The SMILES string of the molecule is Cc1cc(C(=O)N2CCN(S(=O)(=O)c3cc(F)ccc3F)CC2)on1. The van der Waals surface area contributed by atoms with Gasteiger partial charge in [0.05, 0.1) is 5.69 Å². The summed E-state index contributed by atoms with van der Waals surface area (Å²) in [6, 6.07) is 3.77. The molecule has 1 aliphatic rings. The molecule has 134 valence electrons. The number of piperazine rings is 1. The first-order chi connectivity index (χ1) is 11.8. The molecule has 0 bridgehead atoms. The number of aryl methyl sites for hydroxylation is 1. The van der Waals surface area contributed by atoms with E-state index in [2.05, 4.69) is 5.16 Å². The fourth-order valence-electron chi connectivity index (χ4n) is 2.57. The highest BCUT2D eigenvalue weighted by molar-refractivity contribution is 7.89. The molecule has 2 heterocycles. The molecule has 3 rings (SSSR count). The van der Waals surface area contributed by atoms with E-state index in [1.54, 1.807) is 6.92 Å². The summed E-state index contributed by atoms with van der Waals surface area (Å²) in [7, 11) is -4.18. The molecule has 1 aromatic carbocycles. The Labute approximate surface area is 142 Å². The van der Waals surface area contributed by atoms with Crippen LogP contribution < -0.4 is 0 Å². The van der Waals surface area contributed by atoms with E-state index in [9.17, 15) is 22.0 Å². The summed E-state index contributed by atoms with van der Waals surface area (Å²) in [4.78, 5) is 13.0. The number of halogens is 2. The van der Waals surface area contributed by atoms with Crippen molar-refractivity contribution in [2.45, 2.75) is 11.8 Å². The summed E-state index contributed by atoms with van der Waals surface area (Å²) >= 11 is 0. The molecule has 0 unspecified atom stereocenters. The molecule has 1 amide bonds. The molecule has 0 spiro atoms. The van der Waals surface area contributed by atoms with Crippen LogP contribution in [-0.2, 0) is 10.0 Å². The van der Waals surface area contributed by atoms with Crippen LogP contribution in [0, 0.1) is 18.6 Å². The number of rotatable bonds is 3. The Hall–Kier alpha value is -2.33. The highest BCUT2D eigenvalue weighted by atomic mass is 32.2. The molecular weight excluding hydrogens is 356 g/mol. The molecule has 1 aromatic heterocycles. The van der Waals surface area contributed by atoms with Crippen molar-refractivity contribution >= 4 is 15.9 Å². The number of hydrogen-bond donors (Lipinski definition) is 0. The van der Waals surface area contributed by atoms with Crippen molar-refractivity contribution < 1.29 is 26.5 Å². The third kappa shape index (κ3) is 3.40. The number of amides is 1. The van der Waals surface area contributed by atoms with Crippen LogP contribution in [0.3, 0.4) is 0 Å². The largest absolute Gasteiger partial charge is 0.351 e. The minimum atomic E-state index is -4.18. The van der Waals surface area contributed by atoms with Gasteiger partial charge in [-0.2, -0.15) is 4.31 Å². The molecule has 2 aromatic rings. The zero-order chi connectivity index (χ0) is 18.2. The molecule has 7 nitrogen and oxygen atoms in total. The van der Waals surface area contributed by atoms with E-state index in [0.29, 0.717) is 11.8 Å². The molecule has 0 radical (unpaired) electrons. The van der Waals surface area contributed by atoms with E-state index in [0.717, 1.165) is 16.4 Å². The second kappa shape index (κ2) is 6.52. The smallest absolute Gasteiger partial charge is 0.292 e. The Bertz CT molecular complexity index is 905. The van der Waals surface area contributed by atoms with E-state index in [4.69, 9.17) is 4.52 Å². The number of hydrogen-bond acceptors (Lipinski definition) is 5. The molecule has 0 saturated carbocycles. The van der Waals surface area contributed by atoms with Gasteiger partial charge in [0.1, 0.15) is 16.5 Å². The van der Waals surface area contributed by atoms with Crippen LogP contribution in [0.1, 0.15) is 16.2 Å². The Kier molecular flexibility index (Phi) is 4.56. The monoisotopic (exact) mass is 371 g/mol. The van der Waals surface area contributed by atoms with Crippen LogP contribution in [0.25, 0.3) is 0 Å². The highest BCUT2D eigenvalue weighted by Gasteiger charge is 2.33. The summed E-state index contributed by atoms with van der Waals surface area (Å²) in [5, 5.41) is 3.64. The number of benzene rings is 1. The first kappa shape index (κ1) is 17.5. The zero-order valence-electron chi connectivity index (χ0n) is 13.3. The van der Waals surface area contributed by atoms with Gasteiger partial charge < -0.3 is 9.42 Å². The fraction of sp³-hybridized carbons (Fsp3) is 0.333. The molecule has 1 saturated heterocycles. The summed E-state index contributed by atoms with van der Waals surface area (Å²) in [6.45, 7) is 1.83. The van der Waals surface area contributed by atoms with Crippen LogP contribution in [0.5, 0.6) is 0 Å². The van der Waals surface area contributed by atoms with Gasteiger partial charge in [-0.1, -0.05) is 5.16 Å². The van der Waals surface area contributed by atoms with E-state index in [1.165, 1.54) is 11.0 Å². The minimum absolute atomic E-state index is 0.0306.